The lowest BCUT2D eigenvalue weighted by atomic mass is 10.2. The summed E-state index contributed by atoms with van der Waals surface area (Å²) >= 11 is 0. The van der Waals surface area contributed by atoms with E-state index in [1.54, 1.807) is 24.3 Å². The largest absolute Gasteiger partial charge is 0.494 e. The van der Waals surface area contributed by atoms with Crippen LogP contribution in [0.5, 0.6) is 5.75 Å². The van der Waals surface area contributed by atoms with Crippen LogP contribution < -0.4 is 26.6 Å². The average molecular weight is 643 g/mol. The van der Waals surface area contributed by atoms with Crippen molar-refractivity contribution >= 4 is 29.6 Å². The Morgan fingerprint density at radius 3 is 2.39 bits per heavy atom. The van der Waals surface area contributed by atoms with Crippen LogP contribution in [0, 0.1) is 0 Å². The lowest BCUT2D eigenvalue weighted by molar-refractivity contribution is -0.107. The molecule has 0 spiro atoms. The molecule has 256 valence electrons. The molecule has 1 amide bonds. The third-order valence-electron chi connectivity index (χ3n) is 6.28. The van der Waals surface area contributed by atoms with Crippen molar-refractivity contribution in [3.8, 4) is 5.75 Å². The van der Waals surface area contributed by atoms with Crippen LogP contribution in [0.2, 0.25) is 0 Å². The Kier molecular flexibility index (Phi) is 17.8. The minimum absolute atomic E-state index is 0.317. The Hall–Kier alpha value is -4.36. The molecule has 0 atom stereocenters. The van der Waals surface area contributed by atoms with E-state index in [4.69, 9.17) is 26.2 Å². The summed E-state index contributed by atoms with van der Waals surface area (Å²) in [6, 6.07) is 7.44. The second-order valence-corrected chi connectivity index (χ2v) is 11.7. The van der Waals surface area contributed by atoms with Gasteiger partial charge in [-0.25, -0.2) is 15.6 Å². The standard InChI is InChI=1S/C32H50N8O4.CH4O/c1-24(2)30(40(34)27-13-15-28(16-14-27)43-20-12-8-11-19-41)29(33)22-35-25(3)37-26-21-36-39(23-26)18-10-9-17-38(7)31(42)44-32(4,5)6;1-2/h13-16,19,21-23H,8-12,17-18,20,33-34H2,1-7H3,(H,35,37);2H,1H3/b29-22+;. The van der Waals surface area contributed by atoms with Gasteiger partial charge in [-0.2, -0.15) is 5.10 Å². The fourth-order valence-corrected chi connectivity index (χ4v) is 4.09. The van der Waals surface area contributed by atoms with Crippen LogP contribution >= 0.6 is 0 Å². The molecule has 0 bridgehead atoms. The molecule has 1 aromatic heterocycles. The van der Waals surface area contributed by atoms with Gasteiger partial charge in [-0.15, -0.1) is 0 Å². The number of nitrogens with zero attached hydrogens (tertiary/aromatic N) is 5. The number of nitrogens with two attached hydrogens (primary N) is 2. The maximum atomic E-state index is 12.1. The van der Waals surface area contributed by atoms with Gasteiger partial charge in [0, 0.05) is 39.9 Å². The van der Waals surface area contributed by atoms with Gasteiger partial charge in [0.2, 0.25) is 0 Å². The van der Waals surface area contributed by atoms with E-state index in [9.17, 15) is 9.59 Å². The fourth-order valence-electron chi connectivity index (χ4n) is 4.09. The number of hydrogen-bond donors (Lipinski definition) is 4. The number of anilines is 2. The molecule has 6 N–H and O–H groups in total. The molecule has 46 heavy (non-hydrogen) atoms. The molecule has 0 unspecified atom stereocenters. The summed E-state index contributed by atoms with van der Waals surface area (Å²) in [5.41, 5.74) is 9.45. The lowest BCUT2D eigenvalue weighted by Gasteiger charge is -2.24. The summed E-state index contributed by atoms with van der Waals surface area (Å²) < 4.78 is 13.0. The molecule has 2 aromatic rings. The summed E-state index contributed by atoms with van der Waals surface area (Å²) in [7, 11) is 2.74. The Bertz CT molecular complexity index is 1290. The quantitative estimate of drug-likeness (QED) is 0.0363. The van der Waals surface area contributed by atoms with Crippen LogP contribution in [0.3, 0.4) is 0 Å². The highest BCUT2D eigenvalue weighted by Crippen LogP contribution is 2.24. The van der Waals surface area contributed by atoms with Gasteiger partial charge in [0.1, 0.15) is 23.5 Å². The van der Waals surface area contributed by atoms with Crippen molar-refractivity contribution in [3.05, 3.63) is 59.8 Å². The Labute approximate surface area is 273 Å². The third kappa shape index (κ3) is 15.1. The van der Waals surface area contributed by atoms with Gasteiger partial charge in [0.25, 0.3) is 0 Å². The van der Waals surface area contributed by atoms with Crippen molar-refractivity contribution in [2.75, 3.05) is 37.6 Å². The predicted octanol–water partition coefficient (Wildman–Crippen LogP) is 5.19. The van der Waals surface area contributed by atoms with Crippen molar-refractivity contribution in [2.45, 2.75) is 85.8 Å². The van der Waals surface area contributed by atoms with Gasteiger partial charge in [-0.1, -0.05) is 0 Å². The fraction of sp³-hybridized carbons (Fsp3) is 0.515. The molecule has 0 saturated heterocycles. The number of benzene rings is 1. The van der Waals surface area contributed by atoms with Crippen molar-refractivity contribution in [1.82, 2.24) is 14.7 Å². The molecule has 13 nitrogen and oxygen atoms in total. The number of carbonyl (C=O) groups excluding carboxylic acids is 2. The minimum Gasteiger partial charge on any atom is -0.494 e. The highest BCUT2D eigenvalue weighted by Gasteiger charge is 2.19. The number of hydrazine groups is 1. The van der Waals surface area contributed by atoms with E-state index < -0.39 is 5.60 Å². The summed E-state index contributed by atoms with van der Waals surface area (Å²) in [5.74, 6) is 7.83. The van der Waals surface area contributed by atoms with E-state index in [0.29, 0.717) is 36.8 Å². The molecule has 0 aliphatic heterocycles. The Balaban J connectivity index is 0.00000518. The third-order valence-corrected chi connectivity index (χ3v) is 6.28. The summed E-state index contributed by atoms with van der Waals surface area (Å²) in [4.78, 5) is 28.6. The first kappa shape index (κ1) is 39.7. The van der Waals surface area contributed by atoms with Crippen LogP contribution in [0.25, 0.3) is 0 Å². The topological polar surface area (TPSA) is 174 Å². The van der Waals surface area contributed by atoms with Crippen molar-refractivity contribution in [3.63, 3.8) is 0 Å². The zero-order valence-electron chi connectivity index (χ0n) is 28.7. The highest BCUT2D eigenvalue weighted by molar-refractivity contribution is 5.93. The number of rotatable bonds is 16. The number of allylic oxidation sites excluding steroid dienone is 1. The van der Waals surface area contributed by atoms with E-state index >= 15 is 0 Å². The number of hydrogen-bond acceptors (Lipinski definition) is 10. The first-order valence-corrected chi connectivity index (χ1v) is 15.4. The number of ether oxygens (including phenoxy) is 2. The number of unbranched alkanes of at least 4 members (excludes halogenated alkanes) is 3. The number of aliphatic hydroxyl groups excluding tert-OH is 1. The molecule has 0 saturated carbocycles. The van der Waals surface area contributed by atoms with Crippen molar-refractivity contribution in [1.29, 1.82) is 0 Å². The molecular weight excluding hydrogens is 588 g/mol. The average Bonchev–Trinajstić information content (AvgIpc) is 3.45. The SMILES string of the molecule is CC(=N/C=C(/N)C(=C(C)C)N(N)c1ccc(OCCCCC=O)cc1)Nc1cnn(CCCCN(C)C(=O)OC(C)(C)C)c1.CO. The normalized spacial score (nSPS) is 11.6. The van der Waals surface area contributed by atoms with Gasteiger partial charge in [-0.05, 0) is 97.1 Å². The van der Waals surface area contributed by atoms with Crippen LogP contribution in [-0.4, -0.2) is 70.9 Å². The maximum absolute atomic E-state index is 12.1. The van der Waals surface area contributed by atoms with E-state index in [2.05, 4.69) is 15.4 Å². The zero-order chi connectivity index (χ0) is 34.7. The first-order valence-electron chi connectivity index (χ1n) is 15.4. The number of aryl methyl sites for hydroxylation is 1. The van der Waals surface area contributed by atoms with Gasteiger partial charge >= 0.3 is 6.09 Å². The molecule has 2 rings (SSSR count). The highest BCUT2D eigenvalue weighted by atomic mass is 16.6. The van der Waals surface area contributed by atoms with Gasteiger partial charge in [-0.3, -0.25) is 9.69 Å². The van der Waals surface area contributed by atoms with Crippen LogP contribution in [-0.2, 0) is 16.1 Å². The number of aliphatic imine (C=N–C) groups is 1. The van der Waals surface area contributed by atoms with Crippen LogP contribution in [0.4, 0.5) is 16.2 Å². The van der Waals surface area contributed by atoms with Crippen LogP contribution in [0.15, 0.2) is 64.8 Å². The van der Waals surface area contributed by atoms with E-state index in [1.807, 2.05) is 76.7 Å². The number of aromatic nitrogens is 2. The van der Waals surface area contributed by atoms with E-state index in [-0.39, 0.29) is 6.09 Å². The lowest BCUT2D eigenvalue weighted by Crippen LogP contribution is -2.34. The molecular formula is C33H54N8O5. The summed E-state index contributed by atoms with van der Waals surface area (Å²) in [5, 5.41) is 16.2. The zero-order valence-corrected chi connectivity index (χ0v) is 28.7. The van der Waals surface area contributed by atoms with Gasteiger partial charge < -0.3 is 35.3 Å². The molecule has 0 radical (unpaired) electrons. The molecule has 0 aliphatic rings. The van der Waals surface area contributed by atoms with Crippen molar-refractivity contribution in [2.24, 2.45) is 16.6 Å². The Morgan fingerprint density at radius 2 is 1.78 bits per heavy atom. The number of aliphatic hydroxyl groups is 1. The first-order chi connectivity index (χ1) is 21.8. The van der Waals surface area contributed by atoms with E-state index in [1.165, 1.54) is 5.01 Å². The van der Waals surface area contributed by atoms with Gasteiger partial charge in [0.05, 0.1) is 41.8 Å². The van der Waals surface area contributed by atoms with Gasteiger partial charge in [0.15, 0.2) is 0 Å². The molecule has 1 heterocycles. The number of nitrogens with one attached hydrogen (secondary N) is 1. The predicted molar refractivity (Wildman–Crippen MR) is 184 cm³/mol. The number of amides is 1. The summed E-state index contributed by atoms with van der Waals surface area (Å²) in [6.07, 6.45) is 9.70. The maximum Gasteiger partial charge on any atom is 0.410 e. The molecule has 1 aromatic carbocycles. The number of carbonyl (C=O) groups is 2. The second-order valence-electron chi connectivity index (χ2n) is 11.7. The second kappa shape index (κ2) is 20.6. The van der Waals surface area contributed by atoms with Crippen molar-refractivity contribution < 1.29 is 24.2 Å². The number of amidine groups is 1. The molecule has 0 aliphatic carbocycles. The minimum atomic E-state index is -0.505. The summed E-state index contributed by atoms with van der Waals surface area (Å²) in [6.45, 7) is 13.2. The number of aldehydes is 1. The molecule has 13 heteroatoms. The smallest absolute Gasteiger partial charge is 0.410 e. The molecule has 0 fully saturated rings. The van der Waals surface area contributed by atoms with E-state index in [0.717, 1.165) is 68.3 Å². The Morgan fingerprint density at radius 1 is 1.11 bits per heavy atom. The van der Waals surface area contributed by atoms with Crippen LogP contribution in [0.1, 0.15) is 73.6 Å². The monoisotopic (exact) mass is 642 g/mol.